The molecule has 0 bridgehead atoms. The summed E-state index contributed by atoms with van der Waals surface area (Å²) in [4.78, 5) is 4.29. The molecule has 2 rings (SSSR count). The van der Waals surface area contributed by atoms with Gasteiger partial charge in [0.25, 0.3) is 0 Å². The Hall–Kier alpha value is -0.140. The van der Waals surface area contributed by atoms with Crippen LogP contribution >= 0.6 is 24.0 Å². The van der Waals surface area contributed by atoms with Crippen LogP contribution in [0.4, 0.5) is 8.78 Å². The highest BCUT2D eigenvalue weighted by Gasteiger charge is 2.34. The van der Waals surface area contributed by atoms with E-state index < -0.39 is 5.92 Å². The topological polar surface area (TPSA) is 50.4 Å². The van der Waals surface area contributed by atoms with Crippen molar-refractivity contribution >= 4 is 29.9 Å². The van der Waals surface area contributed by atoms with Gasteiger partial charge in [-0.2, -0.15) is 0 Å². The largest absolute Gasteiger partial charge is 0.370 e. The van der Waals surface area contributed by atoms with E-state index in [9.17, 15) is 8.78 Å². The molecular weight excluding hydrogens is 363 g/mol. The number of hydrogen-bond donors (Lipinski definition) is 2. The van der Waals surface area contributed by atoms with Gasteiger partial charge < -0.3 is 11.1 Å². The predicted octanol–water partition coefficient (Wildman–Crippen LogP) is 3.13. The van der Waals surface area contributed by atoms with E-state index in [1.807, 2.05) is 0 Å². The lowest BCUT2D eigenvalue weighted by molar-refractivity contribution is -0.0451. The fourth-order valence-electron chi connectivity index (χ4n) is 2.51. The summed E-state index contributed by atoms with van der Waals surface area (Å²) in [5.74, 6) is -0.958. The van der Waals surface area contributed by atoms with Crippen LogP contribution in [0, 0.1) is 11.8 Å². The lowest BCUT2D eigenvalue weighted by Gasteiger charge is -2.28. The van der Waals surface area contributed by atoms with Crippen molar-refractivity contribution in [2.75, 3.05) is 13.1 Å². The highest BCUT2D eigenvalue weighted by Crippen LogP contribution is 2.35. The Bertz CT molecular complexity index is 296. The second kappa shape index (κ2) is 7.59. The summed E-state index contributed by atoms with van der Waals surface area (Å²) in [6.07, 6.45) is 5.01. The van der Waals surface area contributed by atoms with Gasteiger partial charge in [0.1, 0.15) is 0 Å². The van der Waals surface area contributed by atoms with Gasteiger partial charge in [-0.05, 0) is 37.5 Å². The fraction of sp³-hybridized carbons (Fsp3) is 0.923. The van der Waals surface area contributed by atoms with Gasteiger partial charge in [0.2, 0.25) is 5.92 Å². The summed E-state index contributed by atoms with van der Waals surface area (Å²) in [6.45, 7) is 1.48. The average Bonchev–Trinajstić information content (AvgIpc) is 2.25. The van der Waals surface area contributed by atoms with Gasteiger partial charge in [-0.3, -0.25) is 4.99 Å². The van der Waals surface area contributed by atoms with E-state index in [-0.39, 0.29) is 36.8 Å². The zero-order chi connectivity index (χ0) is 13.0. The Balaban J connectivity index is 0.00000180. The van der Waals surface area contributed by atoms with Crippen LogP contribution in [0.1, 0.15) is 44.9 Å². The average molecular weight is 387 g/mol. The molecule has 0 heterocycles. The molecule has 19 heavy (non-hydrogen) atoms. The number of guanidine groups is 1. The molecule has 0 saturated heterocycles. The second-order valence-electron chi connectivity index (χ2n) is 5.70. The van der Waals surface area contributed by atoms with E-state index in [0.29, 0.717) is 37.2 Å². The van der Waals surface area contributed by atoms with Crippen LogP contribution in [-0.2, 0) is 0 Å². The number of aliphatic imine (C=N–C) groups is 1. The first kappa shape index (κ1) is 16.9. The summed E-state index contributed by atoms with van der Waals surface area (Å²) in [5.41, 5.74) is 5.76. The second-order valence-corrected chi connectivity index (χ2v) is 5.70. The molecule has 0 amide bonds. The van der Waals surface area contributed by atoms with Gasteiger partial charge >= 0.3 is 0 Å². The Labute approximate surface area is 130 Å². The molecule has 0 aromatic rings. The Morgan fingerprint density at radius 2 is 1.79 bits per heavy atom. The smallest absolute Gasteiger partial charge is 0.248 e. The van der Waals surface area contributed by atoms with E-state index in [0.717, 1.165) is 6.54 Å². The summed E-state index contributed by atoms with van der Waals surface area (Å²) in [5, 5.41) is 3.07. The molecular formula is C13H24F2IN3. The SMILES string of the molecule is I.NC(=NCC1CCC1)NCC1CCC(F)(F)CC1. The number of halogens is 3. The first-order valence-electron chi connectivity index (χ1n) is 6.97. The van der Waals surface area contributed by atoms with E-state index in [1.54, 1.807) is 0 Å². The van der Waals surface area contributed by atoms with Crippen LogP contribution < -0.4 is 11.1 Å². The first-order chi connectivity index (χ1) is 8.55. The van der Waals surface area contributed by atoms with Crippen LogP contribution in [0.5, 0.6) is 0 Å². The number of alkyl halides is 2. The van der Waals surface area contributed by atoms with Crippen LogP contribution in [0.3, 0.4) is 0 Å². The minimum atomic E-state index is -2.44. The van der Waals surface area contributed by atoms with Gasteiger partial charge in [0.15, 0.2) is 5.96 Å². The van der Waals surface area contributed by atoms with Crippen LogP contribution in [0.2, 0.25) is 0 Å². The summed E-state index contributed by atoms with van der Waals surface area (Å²) < 4.78 is 25.9. The van der Waals surface area contributed by atoms with Gasteiger partial charge in [-0.1, -0.05) is 6.42 Å². The number of nitrogens with zero attached hydrogens (tertiary/aromatic N) is 1. The van der Waals surface area contributed by atoms with Crippen LogP contribution in [0.15, 0.2) is 4.99 Å². The highest BCUT2D eigenvalue weighted by molar-refractivity contribution is 14.0. The monoisotopic (exact) mass is 387 g/mol. The Morgan fingerprint density at radius 3 is 2.32 bits per heavy atom. The number of rotatable bonds is 4. The van der Waals surface area contributed by atoms with Gasteiger partial charge in [0, 0.05) is 25.9 Å². The van der Waals surface area contributed by atoms with Crippen molar-refractivity contribution in [2.45, 2.75) is 50.9 Å². The molecule has 112 valence electrons. The molecule has 0 aromatic carbocycles. The molecule has 0 unspecified atom stereocenters. The normalized spacial score (nSPS) is 24.4. The molecule has 0 aliphatic heterocycles. The van der Waals surface area contributed by atoms with Crippen molar-refractivity contribution in [2.24, 2.45) is 22.6 Å². The van der Waals surface area contributed by atoms with Crippen LogP contribution in [-0.4, -0.2) is 25.0 Å². The molecule has 3 nitrogen and oxygen atoms in total. The molecule has 3 N–H and O–H groups in total. The molecule has 2 fully saturated rings. The minimum Gasteiger partial charge on any atom is -0.370 e. The van der Waals surface area contributed by atoms with E-state index in [1.165, 1.54) is 19.3 Å². The maximum Gasteiger partial charge on any atom is 0.248 e. The van der Waals surface area contributed by atoms with Gasteiger partial charge in [-0.25, -0.2) is 8.78 Å². The Morgan fingerprint density at radius 1 is 1.16 bits per heavy atom. The van der Waals surface area contributed by atoms with E-state index in [2.05, 4.69) is 10.3 Å². The maximum atomic E-state index is 13.0. The molecule has 2 saturated carbocycles. The van der Waals surface area contributed by atoms with E-state index >= 15 is 0 Å². The maximum absolute atomic E-state index is 13.0. The lowest BCUT2D eigenvalue weighted by atomic mass is 9.86. The molecule has 2 aliphatic carbocycles. The summed E-state index contributed by atoms with van der Waals surface area (Å²) in [6, 6.07) is 0. The highest BCUT2D eigenvalue weighted by atomic mass is 127. The summed E-state index contributed by atoms with van der Waals surface area (Å²) in [7, 11) is 0. The van der Waals surface area contributed by atoms with E-state index in [4.69, 9.17) is 5.73 Å². The third-order valence-electron chi connectivity index (χ3n) is 4.15. The zero-order valence-electron chi connectivity index (χ0n) is 11.2. The molecule has 0 aromatic heterocycles. The van der Waals surface area contributed by atoms with Crippen molar-refractivity contribution in [3.8, 4) is 0 Å². The first-order valence-corrected chi connectivity index (χ1v) is 6.97. The predicted molar refractivity (Wildman–Crippen MR) is 84.2 cm³/mol. The zero-order valence-corrected chi connectivity index (χ0v) is 13.5. The summed E-state index contributed by atoms with van der Waals surface area (Å²) >= 11 is 0. The van der Waals surface area contributed by atoms with Crippen molar-refractivity contribution in [1.82, 2.24) is 5.32 Å². The number of nitrogens with one attached hydrogen (secondary N) is 1. The number of nitrogens with two attached hydrogens (primary N) is 1. The lowest BCUT2D eigenvalue weighted by Crippen LogP contribution is -2.38. The van der Waals surface area contributed by atoms with Crippen molar-refractivity contribution in [3.63, 3.8) is 0 Å². The van der Waals surface area contributed by atoms with Crippen molar-refractivity contribution in [3.05, 3.63) is 0 Å². The Kier molecular flexibility index (Phi) is 6.76. The van der Waals surface area contributed by atoms with Crippen LogP contribution in [0.25, 0.3) is 0 Å². The quantitative estimate of drug-likeness (QED) is 0.443. The molecule has 0 spiro atoms. The molecule has 0 radical (unpaired) electrons. The molecule has 6 heteroatoms. The third-order valence-corrected chi connectivity index (χ3v) is 4.15. The van der Waals surface area contributed by atoms with Gasteiger partial charge in [0.05, 0.1) is 0 Å². The molecule has 0 atom stereocenters. The standard InChI is InChI=1S/C13H23F2N3.HI/c14-13(15)6-4-11(5-7-13)9-18-12(16)17-8-10-2-1-3-10;/h10-11H,1-9H2,(H3,16,17,18);1H. The molecule has 2 aliphatic rings. The fourth-order valence-corrected chi connectivity index (χ4v) is 2.51. The van der Waals surface area contributed by atoms with Crippen molar-refractivity contribution in [1.29, 1.82) is 0 Å². The van der Waals surface area contributed by atoms with Gasteiger partial charge in [-0.15, -0.1) is 24.0 Å². The third kappa shape index (κ3) is 5.79. The van der Waals surface area contributed by atoms with Crippen molar-refractivity contribution < 1.29 is 8.78 Å². The minimum absolute atomic E-state index is 0. The number of hydrogen-bond acceptors (Lipinski definition) is 1.